The fourth-order valence-electron chi connectivity index (χ4n) is 6.96. The second kappa shape index (κ2) is 10.1. The Morgan fingerprint density at radius 1 is 0.907 bits per heavy atom. The number of amides is 1. The van der Waals surface area contributed by atoms with E-state index < -0.39 is 35.0 Å². The maximum Gasteiger partial charge on any atom is 0.238 e. The van der Waals surface area contributed by atoms with Crippen LogP contribution in [0.3, 0.4) is 0 Å². The summed E-state index contributed by atoms with van der Waals surface area (Å²) in [7, 11) is 0. The van der Waals surface area contributed by atoms with E-state index in [9.17, 15) is 18.8 Å². The molecule has 0 radical (unpaired) electrons. The van der Waals surface area contributed by atoms with Crippen LogP contribution in [0.2, 0.25) is 0 Å². The first-order chi connectivity index (χ1) is 20.9. The zero-order chi connectivity index (χ0) is 29.7. The second-order valence-electron chi connectivity index (χ2n) is 10.8. The first-order valence-corrected chi connectivity index (χ1v) is 13.8. The number of ketones is 2. The fraction of sp³-hybridized carbons (Fsp3) is 0.143. The third-order valence-electron chi connectivity index (χ3n) is 8.69. The molecule has 3 heterocycles. The lowest BCUT2D eigenvalue weighted by molar-refractivity contribution is -0.122. The zero-order valence-corrected chi connectivity index (χ0v) is 22.7. The summed E-state index contributed by atoms with van der Waals surface area (Å²) in [4.78, 5) is 45.6. The van der Waals surface area contributed by atoms with E-state index in [1.54, 1.807) is 36.5 Å². The maximum absolute atomic E-state index is 14.8. The molecule has 0 aromatic heterocycles. The van der Waals surface area contributed by atoms with E-state index in [4.69, 9.17) is 10.00 Å². The summed E-state index contributed by atoms with van der Waals surface area (Å²) in [5.74, 6) is -2.37. The summed E-state index contributed by atoms with van der Waals surface area (Å²) in [5, 5.41) is 11.9. The lowest BCUT2D eigenvalue weighted by atomic mass is 9.62. The molecule has 4 aromatic rings. The number of carbonyl (C=O) groups is 3. The van der Waals surface area contributed by atoms with Crippen LogP contribution in [-0.4, -0.2) is 35.0 Å². The van der Waals surface area contributed by atoms with E-state index in [1.165, 1.54) is 24.3 Å². The van der Waals surface area contributed by atoms with Crippen molar-refractivity contribution in [3.63, 3.8) is 0 Å². The quantitative estimate of drug-likeness (QED) is 0.299. The number of nitrogens with one attached hydrogen (secondary N) is 1. The number of nitriles is 1. The van der Waals surface area contributed by atoms with Gasteiger partial charge >= 0.3 is 0 Å². The van der Waals surface area contributed by atoms with Crippen LogP contribution in [0.5, 0.6) is 5.75 Å². The van der Waals surface area contributed by atoms with Gasteiger partial charge in [-0.1, -0.05) is 42.5 Å². The van der Waals surface area contributed by atoms with Crippen molar-refractivity contribution in [2.24, 2.45) is 5.92 Å². The highest BCUT2D eigenvalue weighted by Gasteiger charge is 2.70. The molecule has 1 fully saturated rings. The van der Waals surface area contributed by atoms with Gasteiger partial charge in [0.15, 0.2) is 18.2 Å². The highest BCUT2D eigenvalue weighted by Crippen LogP contribution is 2.62. The van der Waals surface area contributed by atoms with Gasteiger partial charge in [0.2, 0.25) is 5.91 Å². The van der Waals surface area contributed by atoms with Gasteiger partial charge in [0.1, 0.15) is 29.1 Å². The van der Waals surface area contributed by atoms with Crippen molar-refractivity contribution in [2.75, 3.05) is 11.9 Å². The highest BCUT2D eigenvalue weighted by atomic mass is 19.1. The Hall–Kier alpha value is -5.55. The first-order valence-electron chi connectivity index (χ1n) is 13.8. The van der Waals surface area contributed by atoms with Crippen LogP contribution in [0.4, 0.5) is 10.1 Å². The van der Waals surface area contributed by atoms with Gasteiger partial charge in [-0.2, -0.15) is 5.26 Å². The van der Waals surface area contributed by atoms with Crippen molar-refractivity contribution in [3.05, 3.63) is 137 Å². The summed E-state index contributed by atoms with van der Waals surface area (Å²) < 4.78 is 19.3. The van der Waals surface area contributed by atoms with Gasteiger partial charge in [-0.05, 0) is 77.4 Å². The van der Waals surface area contributed by atoms with E-state index in [-0.39, 0.29) is 23.9 Å². The minimum Gasteiger partial charge on any atom is -0.479 e. The molecule has 0 bridgehead atoms. The van der Waals surface area contributed by atoms with Crippen molar-refractivity contribution >= 4 is 29.2 Å². The molecule has 7 rings (SSSR count). The average Bonchev–Trinajstić information content (AvgIpc) is 3.52. The number of Topliss-reactive ketones (excluding diaryl/α,β-unsaturated/α-hetero) is 2. The molecule has 43 heavy (non-hydrogen) atoms. The number of ether oxygens (including phenoxy) is 1. The third kappa shape index (κ3) is 3.89. The lowest BCUT2D eigenvalue weighted by Crippen LogP contribution is -2.49. The zero-order valence-electron chi connectivity index (χ0n) is 22.7. The third-order valence-corrected chi connectivity index (χ3v) is 8.69. The number of hydrogen-bond donors (Lipinski definition) is 1. The Balaban J connectivity index is 1.48. The van der Waals surface area contributed by atoms with Gasteiger partial charge in [-0.3, -0.25) is 14.4 Å². The van der Waals surface area contributed by atoms with Crippen LogP contribution in [-0.2, 0) is 10.2 Å². The number of hydrogen-bond acceptors (Lipinski definition) is 6. The van der Waals surface area contributed by atoms with Crippen LogP contribution in [0.15, 0.2) is 103 Å². The van der Waals surface area contributed by atoms with Gasteiger partial charge in [0.25, 0.3) is 0 Å². The van der Waals surface area contributed by atoms with Crippen molar-refractivity contribution in [2.45, 2.75) is 17.5 Å². The van der Waals surface area contributed by atoms with Gasteiger partial charge in [-0.25, -0.2) is 4.39 Å². The second-order valence-corrected chi connectivity index (χ2v) is 10.8. The Bertz CT molecular complexity index is 1860. The van der Waals surface area contributed by atoms with E-state index >= 15 is 0 Å². The Morgan fingerprint density at radius 3 is 2.35 bits per heavy atom. The first kappa shape index (κ1) is 26.4. The summed E-state index contributed by atoms with van der Waals surface area (Å²) >= 11 is 0. The SMILES string of the molecule is N#CCOc1ccc(C(=O)[C@@H]2[C@H](C(=O)c3ccc(F)cc3)N3C=Cc4ccccc4[C@H]3[C@@]23C(=O)Nc2ccccc23)cc1. The summed E-state index contributed by atoms with van der Waals surface area (Å²) in [6.45, 7) is -0.146. The van der Waals surface area contributed by atoms with E-state index in [0.717, 1.165) is 11.1 Å². The van der Waals surface area contributed by atoms with Crippen LogP contribution in [0, 0.1) is 23.1 Å². The van der Waals surface area contributed by atoms with Gasteiger partial charge in [0, 0.05) is 23.0 Å². The largest absolute Gasteiger partial charge is 0.479 e. The Morgan fingerprint density at radius 2 is 1.58 bits per heavy atom. The molecule has 1 saturated heterocycles. The predicted molar refractivity (Wildman–Crippen MR) is 157 cm³/mol. The van der Waals surface area contributed by atoms with Gasteiger partial charge in [-0.15, -0.1) is 0 Å². The molecular formula is C35H24FN3O4. The minimum absolute atomic E-state index is 0.146. The van der Waals surface area contributed by atoms with Crippen LogP contribution in [0.1, 0.15) is 43.4 Å². The monoisotopic (exact) mass is 569 g/mol. The van der Waals surface area contributed by atoms with E-state index in [2.05, 4.69) is 5.32 Å². The molecule has 210 valence electrons. The van der Waals surface area contributed by atoms with Crippen molar-refractivity contribution < 1.29 is 23.5 Å². The van der Waals surface area contributed by atoms with Crippen molar-refractivity contribution in [3.8, 4) is 11.8 Å². The highest BCUT2D eigenvalue weighted by molar-refractivity contribution is 6.16. The van der Waals surface area contributed by atoms with Gasteiger partial charge in [0.05, 0.1) is 12.0 Å². The molecule has 8 heteroatoms. The summed E-state index contributed by atoms with van der Waals surface area (Å²) in [6.07, 6.45) is 3.68. The number of halogens is 1. The molecule has 1 N–H and O–H groups in total. The molecule has 1 spiro atoms. The average molecular weight is 570 g/mol. The molecule has 7 nitrogen and oxygen atoms in total. The smallest absolute Gasteiger partial charge is 0.238 e. The molecule has 3 aliphatic rings. The predicted octanol–water partition coefficient (Wildman–Crippen LogP) is 5.71. The number of nitrogens with zero attached hydrogens (tertiary/aromatic N) is 2. The summed E-state index contributed by atoms with van der Waals surface area (Å²) in [5.41, 5.74) is 2.00. The maximum atomic E-state index is 14.8. The fourth-order valence-corrected chi connectivity index (χ4v) is 6.96. The van der Waals surface area contributed by atoms with Crippen LogP contribution in [0.25, 0.3) is 6.08 Å². The number of fused-ring (bicyclic) bond motifs is 6. The van der Waals surface area contributed by atoms with E-state index in [1.807, 2.05) is 59.5 Å². The number of para-hydroxylation sites is 1. The molecule has 3 aliphatic heterocycles. The van der Waals surface area contributed by atoms with Crippen LogP contribution < -0.4 is 10.1 Å². The number of benzene rings is 4. The molecular weight excluding hydrogens is 545 g/mol. The minimum atomic E-state index is -1.47. The van der Waals surface area contributed by atoms with Crippen LogP contribution >= 0.6 is 0 Å². The summed E-state index contributed by atoms with van der Waals surface area (Å²) in [6, 6.07) is 26.7. The molecule has 4 aromatic carbocycles. The molecule has 0 saturated carbocycles. The Labute approximate surface area is 246 Å². The van der Waals surface area contributed by atoms with E-state index in [0.29, 0.717) is 22.6 Å². The number of carbonyl (C=O) groups excluding carboxylic acids is 3. The lowest BCUT2D eigenvalue weighted by Gasteiger charge is -2.38. The standard InChI is InChI=1S/C35H24FN3O4/c36-24-13-9-23(10-14-24)32(41)30-29(31(40)22-11-15-25(16-12-22)43-20-18-37)35(27-7-3-4-8-28(27)38-34(35)42)33-26-6-2-1-5-21(26)17-19-39(30)33/h1-17,19,29-30,33H,20H2,(H,38,42)/t29-,30+,33-,35-/m0/s1. The number of anilines is 1. The number of rotatable bonds is 6. The molecule has 0 unspecified atom stereocenters. The Kier molecular flexibility index (Phi) is 6.17. The van der Waals surface area contributed by atoms with Crippen molar-refractivity contribution in [1.82, 2.24) is 4.90 Å². The molecule has 0 aliphatic carbocycles. The normalized spacial score (nSPS) is 22.7. The molecule has 1 amide bonds. The topological polar surface area (TPSA) is 99.5 Å². The van der Waals surface area contributed by atoms with Crippen molar-refractivity contribution in [1.29, 1.82) is 5.26 Å². The molecule has 4 atom stereocenters. The van der Waals surface area contributed by atoms with Gasteiger partial charge < -0.3 is 15.0 Å².